The number of fused-ring (bicyclic) bond motifs is 1. The van der Waals surface area contributed by atoms with E-state index in [1.807, 2.05) is 0 Å². The first-order chi connectivity index (χ1) is 13.2. The third-order valence-electron chi connectivity index (χ3n) is 9.26. The van der Waals surface area contributed by atoms with Crippen molar-refractivity contribution in [2.24, 2.45) is 16.2 Å². The third kappa shape index (κ3) is 3.65. The highest BCUT2D eigenvalue weighted by Crippen LogP contribution is 2.69. The number of allylic oxidation sites excluding steroid dienone is 1. The summed E-state index contributed by atoms with van der Waals surface area (Å²) in [7, 11) is -3.85. The van der Waals surface area contributed by atoms with Gasteiger partial charge < -0.3 is 13.6 Å². The summed E-state index contributed by atoms with van der Waals surface area (Å²) >= 11 is 0. The van der Waals surface area contributed by atoms with Crippen LogP contribution in [0.2, 0.25) is 37.8 Å². The maximum absolute atomic E-state index is 12.6. The molecule has 174 valence electrons. The van der Waals surface area contributed by atoms with Crippen LogP contribution in [0.15, 0.2) is 12.2 Å². The van der Waals surface area contributed by atoms with Crippen LogP contribution in [0.4, 0.5) is 0 Å². The summed E-state index contributed by atoms with van der Waals surface area (Å²) in [5.74, 6) is 0. The average Bonchev–Trinajstić information content (AvgIpc) is 2.56. The molecule has 2 rings (SSSR count). The monoisotopic (exact) mass is 452 g/mol. The van der Waals surface area contributed by atoms with Gasteiger partial charge in [0, 0.05) is 10.8 Å². The van der Waals surface area contributed by atoms with Gasteiger partial charge in [-0.15, -0.1) is 0 Å². The SMILES string of the molecule is C=C1CC[C@@]2(O[Si](C)(C)C)C(C)(C)[C@@H](O[Si](C)(C)C(C)(C)C)CC[C@]2(C)[C@@]1(C)C=O. The van der Waals surface area contributed by atoms with Crippen molar-refractivity contribution >= 4 is 22.9 Å². The molecule has 3 nitrogen and oxygen atoms in total. The Morgan fingerprint density at radius 2 is 1.57 bits per heavy atom. The smallest absolute Gasteiger partial charge is 0.192 e. The number of hydrogen-bond donors (Lipinski definition) is 0. The molecule has 0 N–H and O–H groups in total. The maximum Gasteiger partial charge on any atom is 0.192 e. The molecule has 0 amide bonds. The minimum absolute atomic E-state index is 0.130. The van der Waals surface area contributed by atoms with Crippen molar-refractivity contribution in [2.75, 3.05) is 0 Å². The summed E-state index contributed by atoms with van der Waals surface area (Å²) in [6.45, 7) is 31.9. The van der Waals surface area contributed by atoms with Crippen molar-refractivity contribution in [3.8, 4) is 0 Å². The van der Waals surface area contributed by atoms with E-state index >= 15 is 0 Å². The lowest BCUT2D eigenvalue weighted by Crippen LogP contribution is -2.74. The molecule has 0 aromatic heterocycles. The predicted octanol–water partition coefficient (Wildman–Crippen LogP) is 7.35. The Balaban J connectivity index is 2.67. The van der Waals surface area contributed by atoms with Gasteiger partial charge in [-0.05, 0) is 70.4 Å². The van der Waals surface area contributed by atoms with Gasteiger partial charge in [0.05, 0.1) is 17.1 Å². The molecule has 0 radical (unpaired) electrons. The minimum atomic E-state index is -1.94. The maximum atomic E-state index is 12.6. The summed E-state index contributed by atoms with van der Waals surface area (Å²) in [6, 6.07) is 0. The molecule has 2 fully saturated rings. The first-order valence-corrected chi connectivity index (χ1v) is 18.1. The fourth-order valence-electron chi connectivity index (χ4n) is 5.98. The summed E-state index contributed by atoms with van der Waals surface area (Å²) in [6.07, 6.45) is 4.94. The first-order valence-electron chi connectivity index (χ1n) is 11.7. The summed E-state index contributed by atoms with van der Waals surface area (Å²) < 4.78 is 14.3. The van der Waals surface area contributed by atoms with Crippen LogP contribution in [0, 0.1) is 16.2 Å². The summed E-state index contributed by atoms with van der Waals surface area (Å²) in [4.78, 5) is 12.6. The van der Waals surface area contributed by atoms with E-state index in [4.69, 9.17) is 8.85 Å². The van der Waals surface area contributed by atoms with Crippen molar-refractivity contribution < 1.29 is 13.6 Å². The Bertz CT molecular complexity index is 700. The molecule has 0 aliphatic heterocycles. The van der Waals surface area contributed by atoms with Crippen LogP contribution in [0.25, 0.3) is 0 Å². The van der Waals surface area contributed by atoms with Crippen LogP contribution >= 0.6 is 0 Å². The number of carbonyl (C=O) groups excluding carboxylic acids is 1. The van der Waals surface area contributed by atoms with E-state index in [9.17, 15) is 4.79 Å². The second kappa shape index (κ2) is 7.39. The van der Waals surface area contributed by atoms with Crippen molar-refractivity contribution in [3.63, 3.8) is 0 Å². The Kier molecular flexibility index (Phi) is 6.41. The van der Waals surface area contributed by atoms with E-state index < -0.39 is 27.7 Å². The quantitative estimate of drug-likeness (QED) is 0.248. The third-order valence-corrected chi connectivity index (χ3v) is 14.7. The lowest BCUT2D eigenvalue weighted by Gasteiger charge is -2.71. The highest BCUT2D eigenvalue weighted by Gasteiger charge is 2.71. The molecule has 2 aliphatic carbocycles. The number of hydrogen-bond acceptors (Lipinski definition) is 3. The molecule has 0 aromatic rings. The average molecular weight is 453 g/mol. The topological polar surface area (TPSA) is 35.5 Å². The Labute approximate surface area is 188 Å². The van der Waals surface area contributed by atoms with Gasteiger partial charge in [-0.3, -0.25) is 0 Å². The van der Waals surface area contributed by atoms with Gasteiger partial charge in [0.1, 0.15) is 6.29 Å². The summed E-state index contributed by atoms with van der Waals surface area (Å²) in [5.41, 5.74) is -0.430. The molecule has 5 heteroatoms. The molecule has 2 saturated carbocycles. The van der Waals surface area contributed by atoms with Gasteiger partial charge in [0.2, 0.25) is 0 Å². The minimum Gasteiger partial charge on any atom is -0.413 e. The standard InChI is InChI=1S/C25H48O3Si2/c1-19-14-17-25(28-29(9,10)11)22(5,6)20(27-30(12,13)21(2,3)4)15-16-24(25,8)23(19,7)18-26/h18,20H,1,14-17H2,2-13H3/t20-,23-,24+,25+/m0/s1. The van der Waals surface area contributed by atoms with E-state index in [0.717, 1.165) is 31.3 Å². The largest absolute Gasteiger partial charge is 0.413 e. The van der Waals surface area contributed by atoms with Crippen LogP contribution in [-0.4, -0.2) is 34.6 Å². The highest BCUT2D eigenvalue weighted by atomic mass is 28.4. The van der Waals surface area contributed by atoms with E-state index in [1.165, 1.54) is 6.29 Å². The van der Waals surface area contributed by atoms with Gasteiger partial charge in [-0.1, -0.05) is 53.7 Å². The Hall–Kier alpha value is -0.236. The van der Waals surface area contributed by atoms with Crippen molar-refractivity contribution in [2.45, 2.75) is 124 Å². The van der Waals surface area contributed by atoms with Crippen molar-refractivity contribution in [3.05, 3.63) is 12.2 Å². The zero-order chi connectivity index (χ0) is 23.6. The molecule has 0 bridgehead atoms. The fraction of sp³-hybridized carbons (Fsp3) is 0.880. The van der Waals surface area contributed by atoms with E-state index in [2.05, 4.69) is 87.8 Å². The summed E-state index contributed by atoms with van der Waals surface area (Å²) in [5, 5.41) is 0.161. The van der Waals surface area contributed by atoms with Gasteiger partial charge in [-0.25, -0.2) is 0 Å². The molecule has 2 aliphatic rings. The highest BCUT2D eigenvalue weighted by molar-refractivity contribution is 6.74. The van der Waals surface area contributed by atoms with Crippen LogP contribution in [0.3, 0.4) is 0 Å². The lowest BCUT2D eigenvalue weighted by atomic mass is 9.40. The first kappa shape index (κ1) is 26.0. The van der Waals surface area contributed by atoms with E-state index in [-0.39, 0.29) is 22.0 Å². The molecule has 0 spiro atoms. The van der Waals surface area contributed by atoms with Crippen LogP contribution < -0.4 is 0 Å². The van der Waals surface area contributed by atoms with Crippen LogP contribution in [0.1, 0.15) is 74.1 Å². The molecule has 30 heavy (non-hydrogen) atoms. The Morgan fingerprint density at radius 3 is 2.00 bits per heavy atom. The molecule has 0 aromatic carbocycles. The molecule has 0 unspecified atom stereocenters. The van der Waals surface area contributed by atoms with Crippen LogP contribution in [0.5, 0.6) is 0 Å². The second-order valence-electron chi connectivity index (χ2n) is 13.4. The normalized spacial score (nSPS) is 37.6. The number of carbonyl (C=O) groups is 1. The number of aldehydes is 1. The van der Waals surface area contributed by atoms with Crippen molar-refractivity contribution in [1.29, 1.82) is 0 Å². The Morgan fingerprint density at radius 1 is 1.03 bits per heavy atom. The molecule has 0 heterocycles. The van der Waals surface area contributed by atoms with E-state index in [1.54, 1.807) is 0 Å². The fourth-order valence-corrected chi connectivity index (χ4v) is 9.09. The molecular weight excluding hydrogens is 404 g/mol. The molecule has 0 saturated heterocycles. The lowest BCUT2D eigenvalue weighted by molar-refractivity contribution is -0.246. The van der Waals surface area contributed by atoms with E-state index in [0.29, 0.717) is 0 Å². The van der Waals surface area contributed by atoms with Crippen molar-refractivity contribution in [1.82, 2.24) is 0 Å². The number of rotatable bonds is 5. The predicted molar refractivity (Wildman–Crippen MR) is 133 cm³/mol. The van der Waals surface area contributed by atoms with Crippen LogP contribution in [-0.2, 0) is 13.6 Å². The zero-order valence-electron chi connectivity index (χ0n) is 21.9. The van der Waals surface area contributed by atoms with Gasteiger partial charge in [0.15, 0.2) is 16.6 Å². The van der Waals surface area contributed by atoms with Gasteiger partial charge >= 0.3 is 0 Å². The molecular formula is C25H48O3Si2. The van der Waals surface area contributed by atoms with Gasteiger partial charge in [0.25, 0.3) is 0 Å². The van der Waals surface area contributed by atoms with Gasteiger partial charge in [-0.2, -0.15) is 0 Å². The molecule has 4 atom stereocenters. The zero-order valence-corrected chi connectivity index (χ0v) is 23.9. The second-order valence-corrected chi connectivity index (χ2v) is 22.6.